The molecule has 0 saturated carbocycles. The van der Waals surface area contributed by atoms with E-state index in [4.69, 9.17) is 11.6 Å². The predicted octanol–water partition coefficient (Wildman–Crippen LogP) is 5.09. The molecule has 0 fully saturated rings. The lowest BCUT2D eigenvalue weighted by atomic mass is 10.0. The van der Waals surface area contributed by atoms with Gasteiger partial charge in [0.05, 0.1) is 14.5 Å². The van der Waals surface area contributed by atoms with Crippen LogP contribution in [0.4, 0.5) is 5.69 Å². The van der Waals surface area contributed by atoms with Crippen LogP contribution in [-0.4, -0.2) is 8.42 Å². The number of para-hydroxylation sites is 1. The molecule has 2 aromatic rings. The third kappa shape index (κ3) is 3.62. The average Bonchev–Trinajstić information content (AvgIpc) is 2.79. The number of halogens is 2. The highest BCUT2D eigenvalue weighted by Gasteiger charge is 2.21. The molecule has 0 bridgehead atoms. The largest absolute Gasteiger partial charge is 0.278 e. The van der Waals surface area contributed by atoms with Crippen molar-refractivity contribution in [2.75, 3.05) is 4.72 Å². The van der Waals surface area contributed by atoms with Crippen molar-refractivity contribution in [3.05, 3.63) is 44.2 Å². The molecule has 1 aromatic heterocycles. The van der Waals surface area contributed by atoms with Gasteiger partial charge in [0, 0.05) is 0 Å². The van der Waals surface area contributed by atoms with Gasteiger partial charge in [-0.05, 0) is 46.0 Å². The summed E-state index contributed by atoms with van der Waals surface area (Å²) in [4.78, 5) is 0. The van der Waals surface area contributed by atoms with Gasteiger partial charge in [-0.3, -0.25) is 4.72 Å². The minimum Gasteiger partial charge on any atom is -0.278 e. The molecule has 0 aliphatic heterocycles. The lowest BCUT2D eigenvalue weighted by Gasteiger charge is -2.14. The van der Waals surface area contributed by atoms with Crippen LogP contribution in [0.15, 0.2) is 32.3 Å². The topological polar surface area (TPSA) is 46.2 Å². The van der Waals surface area contributed by atoms with Crippen molar-refractivity contribution in [2.45, 2.75) is 30.9 Å². The summed E-state index contributed by atoms with van der Waals surface area (Å²) in [6, 6.07) is 7.29. The van der Waals surface area contributed by atoms with Gasteiger partial charge in [0.2, 0.25) is 0 Å². The molecular formula is C14H15BrClNO2S2. The zero-order chi connectivity index (χ0) is 15.6. The minimum absolute atomic E-state index is 0.201. The normalized spacial score (nSPS) is 11.6. The quantitative estimate of drug-likeness (QED) is 0.749. The van der Waals surface area contributed by atoms with E-state index < -0.39 is 10.0 Å². The molecule has 21 heavy (non-hydrogen) atoms. The second-order valence-corrected chi connectivity index (χ2v) is 9.14. The van der Waals surface area contributed by atoms with E-state index in [1.165, 1.54) is 6.07 Å². The summed E-state index contributed by atoms with van der Waals surface area (Å²) < 4.78 is 28.6. The Bertz CT molecular complexity index is 715. The summed E-state index contributed by atoms with van der Waals surface area (Å²) in [6.45, 7) is 4.01. The number of thiophene rings is 1. The van der Waals surface area contributed by atoms with Crippen molar-refractivity contribution in [3.8, 4) is 0 Å². The van der Waals surface area contributed by atoms with Gasteiger partial charge in [0.15, 0.2) is 0 Å². The average molecular weight is 409 g/mol. The van der Waals surface area contributed by atoms with E-state index in [0.717, 1.165) is 35.3 Å². The zero-order valence-corrected chi connectivity index (χ0v) is 15.6. The number of sulfonamides is 1. The van der Waals surface area contributed by atoms with Gasteiger partial charge >= 0.3 is 0 Å². The van der Waals surface area contributed by atoms with Gasteiger partial charge in [-0.2, -0.15) is 0 Å². The van der Waals surface area contributed by atoms with Crippen LogP contribution in [0.25, 0.3) is 0 Å². The molecule has 0 amide bonds. The number of nitrogens with one attached hydrogen (secondary N) is 1. The molecule has 0 aliphatic carbocycles. The Balaban J connectivity index is 2.45. The molecule has 1 heterocycles. The van der Waals surface area contributed by atoms with Crippen molar-refractivity contribution >= 4 is 54.6 Å². The van der Waals surface area contributed by atoms with Crippen molar-refractivity contribution < 1.29 is 8.42 Å². The Hall–Kier alpha value is -0.560. The van der Waals surface area contributed by atoms with Gasteiger partial charge in [-0.1, -0.05) is 43.6 Å². The van der Waals surface area contributed by atoms with Crippen LogP contribution in [0.3, 0.4) is 0 Å². The summed E-state index contributed by atoms with van der Waals surface area (Å²) in [5.74, 6) is 0. The highest BCUT2D eigenvalue weighted by molar-refractivity contribution is 9.11. The molecule has 0 aliphatic rings. The van der Waals surface area contributed by atoms with Crippen LogP contribution in [0.1, 0.15) is 25.0 Å². The standard InChI is InChI=1S/C14H15BrClNO2S2/c1-3-9-6-5-7-10(4-2)13(9)17-21(18,19)12-8-11(16)14(15)20-12/h5-8,17H,3-4H2,1-2H3. The fourth-order valence-electron chi connectivity index (χ4n) is 2.02. The molecule has 1 aromatic carbocycles. The van der Waals surface area contributed by atoms with Crippen LogP contribution >= 0.6 is 38.9 Å². The summed E-state index contributed by atoms with van der Waals surface area (Å²) >= 11 is 10.3. The molecule has 0 radical (unpaired) electrons. The molecule has 0 spiro atoms. The van der Waals surface area contributed by atoms with Gasteiger partial charge in [0.25, 0.3) is 10.0 Å². The van der Waals surface area contributed by atoms with Crippen LogP contribution in [0.2, 0.25) is 5.02 Å². The van der Waals surface area contributed by atoms with Crippen LogP contribution in [0.5, 0.6) is 0 Å². The molecule has 114 valence electrons. The first-order valence-corrected chi connectivity index (χ1v) is 9.94. The summed E-state index contributed by atoms with van der Waals surface area (Å²) in [7, 11) is -3.63. The zero-order valence-electron chi connectivity index (χ0n) is 11.6. The smallest absolute Gasteiger partial charge is 0.271 e. The first-order chi connectivity index (χ1) is 9.89. The highest BCUT2D eigenvalue weighted by atomic mass is 79.9. The van der Waals surface area contributed by atoms with E-state index in [1.54, 1.807) is 0 Å². The number of hydrogen-bond acceptors (Lipinski definition) is 3. The van der Waals surface area contributed by atoms with Crippen LogP contribution < -0.4 is 4.72 Å². The maximum Gasteiger partial charge on any atom is 0.271 e. The molecule has 0 unspecified atom stereocenters. The van der Waals surface area contributed by atoms with E-state index in [0.29, 0.717) is 14.5 Å². The van der Waals surface area contributed by atoms with Crippen molar-refractivity contribution in [1.82, 2.24) is 0 Å². The van der Waals surface area contributed by atoms with Gasteiger partial charge in [-0.25, -0.2) is 8.42 Å². The molecule has 3 nitrogen and oxygen atoms in total. The molecule has 7 heteroatoms. The number of rotatable bonds is 5. The minimum atomic E-state index is -3.63. The maximum atomic E-state index is 12.5. The predicted molar refractivity (Wildman–Crippen MR) is 93.0 cm³/mol. The monoisotopic (exact) mass is 407 g/mol. The molecule has 2 rings (SSSR count). The number of hydrogen-bond donors (Lipinski definition) is 1. The Kier molecular flexibility index (Phi) is 5.35. The Labute approximate surface area is 142 Å². The summed E-state index contributed by atoms with van der Waals surface area (Å²) in [6.07, 6.45) is 1.53. The van der Waals surface area contributed by atoms with E-state index >= 15 is 0 Å². The number of benzene rings is 1. The molecule has 0 saturated heterocycles. The first-order valence-electron chi connectivity index (χ1n) is 6.47. The Morgan fingerprint density at radius 2 is 1.81 bits per heavy atom. The van der Waals surface area contributed by atoms with Gasteiger partial charge in [0.1, 0.15) is 4.21 Å². The third-order valence-electron chi connectivity index (χ3n) is 3.12. The van der Waals surface area contributed by atoms with Crippen molar-refractivity contribution in [1.29, 1.82) is 0 Å². The second-order valence-electron chi connectivity index (χ2n) is 4.45. The van der Waals surface area contributed by atoms with E-state index in [-0.39, 0.29) is 4.21 Å². The lowest BCUT2D eigenvalue weighted by molar-refractivity contribution is 0.603. The number of aryl methyl sites for hydroxylation is 2. The maximum absolute atomic E-state index is 12.5. The highest BCUT2D eigenvalue weighted by Crippen LogP contribution is 2.36. The molecule has 1 N–H and O–H groups in total. The van der Waals surface area contributed by atoms with Gasteiger partial charge < -0.3 is 0 Å². The van der Waals surface area contributed by atoms with Gasteiger partial charge in [-0.15, -0.1) is 11.3 Å². The van der Waals surface area contributed by atoms with E-state index in [1.807, 2.05) is 32.0 Å². The fraction of sp³-hybridized carbons (Fsp3) is 0.286. The summed E-state index contributed by atoms with van der Waals surface area (Å²) in [5, 5.41) is 0.403. The Morgan fingerprint density at radius 1 is 1.24 bits per heavy atom. The summed E-state index contributed by atoms with van der Waals surface area (Å²) in [5.41, 5.74) is 2.66. The van der Waals surface area contributed by atoms with Crippen LogP contribution in [-0.2, 0) is 22.9 Å². The molecule has 0 atom stereocenters. The second kappa shape index (κ2) is 6.69. The van der Waals surface area contributed by atoms with Crippen LogP contribution in [0, 0.1) is 0 Å². The van der Waals surface area contributed by atoms with Crippen molar-refractivity contribution in [2.24, 2.45) is 0 Å². The Morgan fingerprint density at radius 3 is 2.24 bits per heavy atom. The first kappa shape index (κ1) is 16.8. The third-order valence-corrected chi connectivity index (χ3v) is 7.42. The van der Waals surface area contributed by atoms with E-state index in [9.17, 15) is 8.42 Å². The lowest BCUT2D eigenvalue weighted by Crippen LogP contribution is -2.14. The fourth-order valence-corrected chi connectivity index (χ4v) is 5.56. The SMILES string of the molecule is CCc1cccc(CC)c1NS(=O)(=O)c1cc(Cl)c(Br)s1. The number of anilines is 1. The molecular weight excluding hydrogens is 394 g/mol. The van der Waals surface area contributed by atoms with Crippen molar-refractivity contribution in [3.63, 3.8) is 0 Å². The van der Waals surface area contributed by atoms with E-state index in [2.05, 4.69) is 20.7 Å².